The first-order valence-electron chi connectivity index (χ1n) is 4.93. The third kappa shape index (κ3) is 2.21. The summed E-state index contributed by atoms with van der Waals surface area (Å²) in [5.74, 6) is 0.290. The number of hydrogen-bond donors (Lipinski definition) is 1. The highest BCUT2D eigenvalue weighted by molar-refractivity contribution is 9.10. The average Bonchev–Trinajstić information content (AvgIpc) is 2.63. The molecule has 2 N–H and O–H groups in total. The molecule has 16 heavy (non-hydrogen) atoms. The van der Waals surface area contributed by atoms with Crippen molar-refractivity contribution in [1.29, 1.82) is 0 Å². The van der Waals surface area contributed by atoms with E-state index in [2.05, 4.69) is 20.9 Å². The number of pyridine rings is 1. The zero-order valence-electron chi connectivity index (χ0n) is 8.49. The highest BCUT2D eigenvalue weighted by Crippen LogP contribution is 2.31. The molecule has 0 saturated carbocycles. The van der Waals surface area contributed by atoms with E-state index in [-0.39, 0.29) is 11.8 Å². The smallest absolute Gasteiger partial charge is 0.227 e. The zero-order valence-corrected chi connectivity index (χ0v) is 10.8. The van der Waals surface area contributed by atoms with Gasteiger partial charge >= 0.3 is 0 Å². The Kier molecular flexibility index (Phi) is 3.47. The molecule has 2 rings (SSSR count). The van der Waals surface area contributed by atoms with Crippen molar-refractivity contribution in [3.8, 4) is 0 Å². The Labute approximate surface area is 107 Å². The lowest BCUT2D eigenvalue weighted by molar-refractivity contribution is -0.117. The number of carbonyl (C=O) groups is 1. The molecular formula is C10H11BrClN3O. The maximum atomic E-state index is 11.8. The highest BCUT2D eigenvalue weighted by atomic mass is 79.9. The van der Waals surface area contributed by atoms with Gasteiger partial charge in [0.1, 0.15) is 4.60 Å². The number of carbonyl (C=O) groups excluding carboxylic acids is 1. The summed E-state index contributed by atoms with van der Waals surface area (Å²) in [4.78, 5) is 17.5. The van der Waals surface area contributed by atoms with E-state index < -0.39 is 0 Å². The molecule has 0 aliphatic carbocycles. The molecule has 0 radical (unpaired) electrons. The Hall–Kier alpha value is -0.650. The molecule has 1 atom stereocenters. The maximum Gasteiger partial charge on any atom is 0.227 e. The predicted molar refractivity (Wildman–Crippen MR) is 66.5 cm³/mol. The summed E-state index contributed by atoms with van der Waals surface area (Å²) < 4.78 is 0.628. The van der Waals surface area contributed by atoms with Gasteiger partial charge in [-0.15, -0.1) is 0 Å². The largest absolute Gasteiger partial charge is 0.330 e. The monoisotopic (exact) mass is 303 g/mol. The third-order valence-corrected chi connectivity index (χ3v) is 3.43. The van der Waals surface area contributed by atoms with Gasteiger partial charge in [-0.05, 0) is 34.5 Å². The van der Waals surface area contributed by atoms with Gasteiger partial charge in [0.15, 0.2) is 0 Å². The minimum atomic E-state index is 0.0696. The standard InChI is InChI=1S/C10H11BrClN3O/c11-10-8(2-7(12)4-14-10)15-5-6(3-13)1-9(15)16/h2,4,6H,1,3,5,13H2. The summed E-state index contributed by atoms with van der Waals surface area (Å²) in [6.45, 7) is 1.16. The molecule has 1 aromatic rings. The van der Waals surface area contributed by atoms with Crippen LogP contribution in [0.15, 0.2) is 16.9 Å². The molecule has 1 aliphatic rings. The number of amides is 1. The van der Waals surface area contributed by atoms with E-state index in [0.717, 1.165) is 0 Å². The van der Waals surface area contributed by atoms with Crippen LogP contribution >= 0.6 is 27.5 Å². The first kappa shape index (κ1) is 11.8. The van der Waals surface area contributed by atoms with Crippen LogP contribution < -0.4 is 10.6 Å². The third-order valence-electron chi connectivity index (χ3n) is 2.62. The number of anilines is 1. The van der Waals surface area contributed by atoms with Crippen LogP contribution in [0.4, 0.5) is 5.69 Å². The molecule has 0 bridgehead atoms. The molecule has 1 aliphatic heterocycles. The van der Waals surface area contributed by atoms with Gasteiger partial charge < -0.3 is 10.6 Å². The molecule has 0 spiro atoms. The van der Waals surface area contributed by atoms with E-state index in [1.54, 1.807) is 11.0 Å². The summed E-state index contributed by atoms with van der Waals surface area (Å²) in [5.41, 5.74) is 6.29. The Morgan fingerprint density at radius 2 is 2.44 bits per heavy atom. The van der Waals surface area contributed by atoms with Crippen molar-refractivity contribution in [2.75, 3.05) is 18.0 Å². The Balaban J connectivity index is 2.30. The topological polar surface area (TPSA) is 59.2 Å². The minimum absolute atomic E-state index is 0.0696. The van der Waals surface area contributed by atoms with Crippen LogP contribution in [-0.2, 0) is 4.79 Å². The molecule has 1 aromatic heterocycles. The molecule has 86 valence electrons. The molecule has 4 nitrogen and oxygen atoms in total. The lowest BCUT2D eigenvalue weighted by atomic mass is 10.1. The normalized spacial score (nSPS) is 20.6. The fourth-order valence-electron chi connectivity index (χ4n) is 1.77. The number of hydrogen-bond acceptors (Lipinski definition) is 3. The van der Waals surface area contributed by atoms with Crippen molar-refractivity contribution >= 4 is 39.1 Å². The first-order chi connectivity index (χ1) is 7.61. The van der Waals surface area contributed by atoms with Crippen molar-refractivity contribution in [2.45, 2.75) is 6.42 Å². The Bertz CT molecular complexity index is 427. The number of aromatic nitrogens is 1. The van der Waals surface area contributed by atoms with Gasteiger partial charge in [0.05, 0.1) is 10.7 Å². The molecule has 1 amide bonds. The summed E-state index contributed by atoms with van der Waals surface area (Å²) in [5, 5.41) is 0.516. The highest BCUT2D eigenvalue weighted by Gasteiger charge is 2.31. The van der Waals surface area contributed by atoms with Gasteiger partial charge in [-0.1, -0.05) is 11.6 Å². The number of rotatable bonds is 2. The first-order valence-corrected chi connectivity index (χ1v) is 6.10. The quantitative estimate of drug-likeness (QED) is 0.848. The van der Waals surface area contributed by atoms with E-state index >= 15 is 0 Å². The molecule has 2 heterocycles. The van der Waals surface area contributed by atoms with Crippen LogP contribution in [0, 0.1) is 5.92 Å². The van der Waals surface area contributed by atoms with Crippen LogP contribution in [0.3, 0.4) is 0 Å². The molecule has 0 aromatic carbocycles. The van der Waals surface area contributed by atoms with E-state index in [1.807, 2.05) is 0 Å². The van der Waals surface area contributed by atoms with Crippen molar-refractivity contribution in [3.63, 3.8) is 0 Å². The SMILES string of the molecule is NCC1CC(=O)N(c2cc(Cl)cnc2Br)C1. The summed E-state index contributed by atoms with van der Waals surface area (Å²) in [7, 11) is 0. The molecular weight excluding hydrogens is 293 g/mol. The molecule has 6 heteroatoms. The Morgan fingerprint density at radius 1 is 1.69 bits per heavy atom. The second-order valence-corrected chi connectivity index (χ2v) is 4.96. The van der Waals surface area contributed by atoms with E-state index in [0.29, 0.717) is 34.8 Å². The van der Waals surface area contributed by atoms with Crippen LogP contribution in [-0.4, -0.2) is 24.0 Å². The summed E-state index contributed by atoms with van der Waals surface area (Å²) in [6.07, 6.45) is 2.03. The number of halogens is 2. The Morgan fingerprint density at radius 3 is 3.06 bits per heavy atom. The molecule has 1 saturated heterocycles. The second kappa shape index (κ2) is 4.69. The zero-order chi connectivity index (χ0) is 11.7. The lowest BCUT2D eigenvalue weighted by Gasteiger charge is -2.17. The van der Waals surface area contributed by atoms with Gasteiger partial charge in [-0.25, -0.2) is 4.98 Å². The van der Waals surface area contributed by atoms with Gasteiger partial charge in [-0.2, -0.15) is 0 Å². The van der Waals surface area contributed by atoms with Gasteiger partial charge in [0.2, 0.25) is 5.91 Å². The summed E-state index contributed by atoms with van der Waals surface area (Å²) in [6, 6.07) is 1.73. The number of nitrogens with zero attached hydrogens (tertiary/aromatic N) is 2. The second-order valence-electron chi connectivity index (χ2n) is 3.77. The van der Waals surface area contributed by atoms with Crippen molar-refractivity contribution in [1.82, 2.24) is 4.98 Å². The van der Waals surface area contributed by atoms with Gasteiger partial charge in [0.25, 0.3) is 0 Å². The summed E-state index contributed by atoms with van der Waals surface area (Å²) >= 11 is 9.18. The fourth-order valence-corrected chi connectivity index (χ4v) is 2.36. The van der Waals surface area contributed by atoms with Crippen molar-refractivity contribution in [2.24, 2.45) is 11.7 Å². The minimum Gasteiger partial charge on any atom is -0.330 e. The fraction of sp³-hybridized carbons (Fsp3) is 0.400. The van der Waals surface area contributed by atoms with Gasteiger partial charge in [0, 0.05) is 19.2 Å². The van der Waals surface area contributed by atoms with Crippen molar-refractivity contribution < 1.29 is 4.79 Å². The van der Waals surface area contributed by atoms with Crippen LogP contribution in [0.1, 0.15) is 6.42 Å². The van der Waals surface area contributed by atoms with Crippen LogP contribution in [0.2, 0.25) is 5.02 Å². The van der Waals surface area contributed by atoms with Crippen molar-refractivity contribution in [3.05, 3.63) is 21.9 Å². The van der Waals surface area contributed by atoms with Crippen LogP contribution in [0.25, 0.3) is 0 Å². The van der Waals surface area contributed by atoms with Gasteiger partial charge in [-0.3, -0.25) is 4.79 Å². The van der Waals surface area contributed by atoms with Crippen LogP contribution in [0.5, 0.6) is 0 Å². The molecule has 1 fully saturated rings. The average molecular weight is 305 g/mol. The number of nitrogens with two attached hydrogens (primary N) is 1. The van der Waals surface area contributed by atoms with E-state index in [9.17, 15) is 4.79 Å². The van der Waals surface area contributed by atoms with E-state index in [1.165, 1.54) is 6.20 Å². The maximum absolute atomic E-state index is 11.8. The predicted octanol–water partition coefficient (Wildman–Crippen LogP) is 1.81. The van der Waals surface area contributed by atoms with E-state index in [4.69, 9.17) is 17.3 Å². The lowest BCUT2D eigenvalue weighted by Crippen LogP contribution is -2.26. The molecule has 1 unspecified atom stereocenters.